The maximum absolute atomic E-state index is 13.0. The van der Waals surface area contributed by atoms with Crippen molar-refractivity contribution in [3.05, 3.63) is 82.7 Å². The summed E-state index contributed by atoms with van der Waals surface area (Å²) in [6.07, 6.45) is 4.58. The molecule has 0 atom stereocenters. The molecule has 0 spiro atoms. The zero-order chi connectivity index (χ0) is 24.1. The molecule has 0 aliphatic carbocycles. The fraction of sp³-hybridized carbons (Fsp3) is 0.357. The average molecular weight is 459 g/mol. The number of carbonyl (C=O) groups is 1. The molecule has 0 saturated carbocycles. The summed E-state index contributed by atoms with van der Waals surface area (Å²) in [4.78, 5) is 17.3. The minimum absolute atomic E-state index is 0.0571. The van der Waals surface area contributed by atoms with Gasteiger partial charge in [0, 0.05) is 49.2 Å². The standard InChI is InChI=1S/C28H34N4O2/c1-21-6-8-24(9-7-21)20-32-23(3)27(22(2)29-32)14-15-28(33)31-17-5-16-30(18-19-31)25-10-12-26(34-4)13-11-25/h6-15H,5,16-20H2,1-4H3/b15-14+. The number of anilines is 1. The summed E-state index contributed by atoms with van der Waals surface area (Å²) in [6, 6.07) is 16.6. The van der Waals surface area contributed by atoms with Crippen LogP contribution in [0.1, 0.15) is 34.5 Å². The van der Waals surface area contributed by atoms with E-state index in [1.807, 2.05) is 34.7 Å². The number of ether oxygens (including phenoxy) is 1. The van der Waals surface area contributed by atoms with E-state index in [2.05, 4.69) is 55.1 Å². The molecular formula is C28H34N4O2. The number of nitrogens with zero attached hydrogens (tertiary/aromatic N) is 4. The molecule has 1 amide bonds. The highest BCUT2D eigenvalue weighted by atomic mass is 16.5. The number of aryl methyl sites for hydroxylation is 2. The second kappa shape index (κ2) is 10.6. The third kappa shape index (κ3) is 5.50. The number of hydrogen-bond donors (Lipinski definition) is 0. The van der Waals surface area contributed by atoms with E-state index in [9.17, 15) is 4.79 Å². The van der Waals surface area contributed by atoms with Gasteiger partial charge < -0.3 is 14.5 Å². The van der Waals surface area contributed by atoms with Crippen molar-refractivity contribution in [1.82, 2.24) is 14.7 Å². The van der Waals surface area contributed by atoms with Crippen molar-refractivity contribution < 1.29 is 9.53 Å². The number of carbonyl (C=O) groups excluding carboxylic acids is 1. The van der Waals surface area contributed by atoms with Gasteiger partial charge in [-0.25, -0.2) is 0 Å². The maximum atomic E-state index is 13.0. The Morgan fingerprint density at radius 3 is 2.41 bits per heavy atom. The van der Waals surface area contributed by atoms with Crippen molar-refractivity contribution in [3.8, 4) is 5.75 Å². The van der Waals surface area contributed by atoms with Gasteiger partial charge in [-0.3, -0.25) is 9.48 Å². The quantitative estimate of drug-likeness (QED) is 0.506. The van der Waals surface area contributed by atoms with E-state index in [0.29, 0.717) is 6.54 Å². The largest absolute Gasteiger partial charge is 0.497 e. The van der Waals surface area contributed by atoms with Crippen molar-refractivity contribution in [2.45, 2.75) is 33.7 Å². The molecular weight excluding hydrogens is 424 g/mol. The molecule has 0 unspecified atom stereocenters. The average Bonchev–Trinajstić information content (AvgIpc) is 3.00. The van der Waals surface area contributed by atoms with E-state index in [1.165, 1.54) is 11.1 Å². The number of rotatable bonds is 6. The van der Waals surface area contributed by atoms with Crippen LogP contribution in [0, 0.1) is 20.8 Å². The van der Waals surface area contributed by atoms with Crippen LogP contribution in [-0.4, -0.2) is 53.9 Å². The molecule has 1 fully saturated rings. The summed E-state index contributed by atoms with van der Waals surface area (Å²) in [5.41, 5.74) is 6.67. The Labute approximate surface area is 202 Å². The first kappa shape index (κ1) is 23.6. The molecule has 1 aliphatic rings. The predicted octanol–water partition coefficient (Wildman–Crippen LogP) is 4.62. The Kier molecular flexibility index (Phi) is 7.36. The molecule has 0 radical (unpaired) electrons. The lowest BCUT2D eigenvalue weighted by atomic mass is 10.1. The Hall–Kier alpha value is -3.54. The van der Waals surface area contributed by atoms with Crippen LogP contribution in [0.3, 0.4) is 0 Å². The molecule has 178 valence electrons. The van der Waals surface area contributed by atoms with E-state index >= 15 is 0 Å². The predicted molar refractivity (Wildman–Crippen MR) is 137 cm³/mol. The maximum Gasteiger partial charge on any atom is 0.246 e. The van der Waals surface area contributed by atoms with Crippen LogP contribution in [0.5, 0.6) is 5.75 Å². The van der Waals surface area contributed by atoms with Gasteiger partial charge in [-0.15, -0.1) is 0 Å². The number of amides is 1. The van der Waals surface area contributed by atoms with Gasteiger partial charge in [0.2, 0.25) is 5.91 Å². The van der Waals surface area contributed by atoms with Gasteiger partial charge in [0.25, 0.3) is 0 Å². The minimum Gasteiger partial charge on any atom is -0.497 e. The molecule has 0 N–H and O–H groups in total. The van der Waals surface area contributed by atoms with Crippen molar-refractivity contribution in [3.63, 3.8) is 0 Å². The third-order valence-corrected chi connectivity index (χ3v) is 6.53. The third-order valence-electron chi connectivity index (χ3n) is 6.53. The summed E-state index contributed by atoms with van der Waals surface area (Å²) < 4.78 is 7.28. The normalized spacial score (nSPS) is 14.5. The summed E-state index contributed by atoms with van der Waals surface area (Å²) in [6.45, 7) is 10.1. The van der Waals surface area contributed by atoms with Gasteiger partial charge in [-0.05, 0) is 63.1 Å². The SMILES string of the molecule is COc1ccc(N2CCCN(C(=O)/C=C/c3c(C)nn(Cc4ccc(C)cc4)c3C)CC2)cc1. The van der Waals surface area contributed by atoms with Gasteiger partial charge in [0.05, 0.1) is 19.3 Å². The van der Waals surface area contributed by atoms with E-state index < -0.39 is 0 Å². The van der Waals surface area contributed by atoms with Crippen LogP contribution < -0.4 is 9.64 Å². The van der Waals surface area contributed by atoms with Crippen LogP contribution in [0.25, 0.3) is 6.08 Å². The van der Waals surface area contributed by atoms with Gasteiger partial charge >= 0.3 is 0 Å². The van der Waals surface area contributed by atoms with Crippen LogP contribution in [0.4, 0.5) is 5.69 Å². The molecule has 0 bridgehead atoms. The van der Waals surface area contributed by atoms with E-state index in [1.54, 1.807) is 13.2 Å². The van der Waals surface area contributed by atoms with E-state index in [-0.39, 0.29) is 5.91 Å². The smallest absolute Gasteiger partial charge is 0.246 e. The van der Waals surface area contributed by atoms with Gasteiger partial charge in [-0.2, -0.15) is 5.10 Å². The van der Waals surface area contributed by atoms with Gasteiger partial charge in [0.1, 0.15) is 5.75 Å². The lowest BCUT2D eigenvalue weighted by Crippen LogP contribution is -2.34. The topological polar surface area (TPSA) is 50.6 Å². The van der Waals surface area contributed by atoms with Crippen LogP contribution in [0.2, 0.25) is 0 Å². The minimum atomic E-state index is 0.0571. The first-order valence-corrected chi connectivity index (χ1v) is 11.9. The van der Waals surface area contributed by atoms with E-state index in [0.717, 1.165) is 61.0 Å². The second-order valence-corrected chi connectivity index (χ2v) is 8.92. The van der Waals surface area contributed by atoms with Crippen LogP contribution in [0.15, 0.2) is 54.6 Å². The highest BCUT2D eigenvalue weighted by Crippen LogP contribution is 2.21. The Bertz CT molecular complexity index is 1150. The fourth-order valence-electron chi connectivity index (χ4n) is 4.42. The Balaban J connectivity index is 1.39. The molecule has 2 aromatic carbocycles. The Morgan fingerprint density at radius 2 is 1.71 bits per heavy atom. The molecule has 3 aromatic rings. The molecule has 2 heterocycles. The first-order valence-electron chi connectivity index (χ1n) is 11.9. The van der Waals surface area contributed by atoms with E-state index in [4.69, 9.17) is 9.84 Å². The molecule has 1 saturated heterocycles. The monoisotopic (exact) mass is 458 g/mol. The molecule has 34 heavy (non-hydrogen) atoms. The van der Waals surface area contributed by atoms with Crippen molar-refractivity contribution in [1.29, 1.82) is 0 Å². The lowest BCUT2D eigenvalue weighted by Gasteiger charge is -2.23. The van der Waals surface area contributed by atoms with Crippen molar-refractivity contribution in [2.24, 2.45) is 0 Å². The molecule has 6 nitrogen and oxygen atoms in total. The number of hydrogen-bond acceptors (Lipinski definition) is 4. The van der Waals surface area contributed by atoms with Gasteiger partial charge in [-0.1, -0.05) is 29.8 Å². The van der Waals surface area contributed by atoms with Crippen molar-refractivity contribution >= 4 is 17.7 Å². The molecule has 1 aromatic heterocycles. The highest BCUT2D eigenvalue weighted by Gasteiger charge is 2.18. The van der Waals surface area contributed by atoms with Gasteiger partial charge in [0.15, 0.2) is 0 Å². The molecule has 4 rings (SSSR count). The summed E-state index contributed by atoms with van der Waals surface area (Å²) in [7, 11) is 1.68. The van der Waals surface area contributed by atoms with Crippen LogP contribution in [-0.2, 0) is 11.3 Å². The zero-order valence-corrected chi connectivity index (χ0v) is 20.6. The zero-order valence-electron chi connectivity index (χ0n) is 20.6. The number of benzene rings is 2. The summed E-state index contributed by atoms with van der Waals surface area (Å²) in [5.74, 6) is 0.912. The lowest BCUT2D eigenvalue weighted by molar-refractivity contribution is -0.125. The number of methoxy groups -OCH3 is 1. The first-order chi connectivity index (χ1) is 16.4. The summed E-state index contributed by atoms with van der Waals surface area (Å²) >= 11 is 0. The fourth-order valence-corrected chi connectivity index (χ4v) is 4.42. The molecule has 6 heteroatoms. The number of aromatic nitrogens is 2. The highest BCUT2D eigenvalue weighted by molar-refractivity contribution is 5.92. The second-order valence-electron chi connectivity index (χ2n) is 8.92. The Morgan fingerprint density at radius 1 is 0.971 bits per heavy atom. The van der Waals surface area contributed by atoms with Crippen LogP contribution >= 0.6 is 0 Å². The van der Waals surface area contributed by atoms with Crippen molar-refractivity contribution in [2.75, 3.05) is 38.2 Å². The summed E-state index contributed by atoms with van der Waals surface area (Å²) in [5, 5.41) is 4.71. The molecule has 1 aliphatic heterocycles.